The zero-order chi connectivity index (χ0) is 22.1. The van der Waals surface area contributed by atoms with Gasteiger partial charge in [-0.2, -0.15) is 0 Å². The summed E-state index contributed by atoms with van der Waals surface area (Å²) in [4.78, 5) is 16.4. The van der Waals surface area contributed by atoms with Gasteiger partial charge in [0.05, 0.1) is 24.8 Å². The number of benzene rings is 2. The molecule has 0 amide bonds. The smallest absolute Gasteiger partial charge is 0.308 e. The Hall–Kier alpha value is -2.85. The van der Waals surface area contributed by atoms with Crippen LogP contribution in [0.1, 0.15) is 33.1 Å². The number of hydrogen-bond acceptors (Lipinski definition) is 4. The topological polar surface area (TPSA) is 48.4 Å². The van der Waals surface area contributed by atoms with Crippen LogP contribution in [0.2, 0.25) is 5.02 Å². The maximum absolute atomic E-state index is 11.7. The quantitative estimate of drug-likeness (QED) is 0.258. The molecule has 1 unspecified atom stereocenters. The Morgan fingerprint density at radius 1 is 0.968 bits per heavy atom. The van der Waals surface area contributed by atoms with Crippen molar-refractivity contribution in [1.82, 2.24) is 4.98 Å². The lowest BCUT2D eigenvalue weighted by Gasteiger charge is -2.12. The second-order valence-corrected chi connectivity index (χ2v) is 7.89. The van der Waals surface area contributed by atoms with Crippen LogP contribution in [0.3, 0.4) is 0 Å². The molecule has 0 aliphatic heterocycles. The van der Waals surface area contributed by atoms with Gasteiger partial charge in [-0.25, -0.2) is 4.98 Å². The van der Waals surface area contributed by atoms with Crippen LogP contribution in [0.15, 0.2) is 66.7 Å². The lowest BCUT2D eigenvalue weighted by atomic mass is 10.0. The van der Waals surface area contributed by atoms with E-state index in [0.717, 1.165) is 41.6 Å². The lowest BCUT2D eigenvalue weighted by Crippen LogP contribution is -2.14. The molecule has 0 spiro atoms. The highest BCUT2D eigenvalue weighted by Crippen LogP contribution is 2.29. The Bertz CT molecular complexity index is 974. The molecule has 0 aliphatic carbocycles. The fourth-order valence-corrected chi connectivity index (χ4v) is 3.40. The second kappa shape index (κ2) is 11.5. The highest BCUT2D eigenvalue weighted by atomic mass is 35.5. The summed E-state index contributed by atoms with van der Waals surface area (Å²) in [6, 6.07) is 21.8. The van der Waals surface area contributed by atoms with Crippen molar-refractivity contribution in [2.75, 3.05) is 13.2 Å². The van der Waals surface area contributed by atoms with Gasteiger partial charge in [0, 0.05) is 16.7 Å². The molecule has 0 N–H and O–H groups in total. The first-order valence-electron chi connectivity index (χ1n) is 10.7. The molecule has 0 aliphatic rings. The van der Waals surface area contributed by atoms with Gasteiger partial charge in [-0.3, -0.25) is 4.79 Å². The Balaban J connectivity index is 1.68. The van der Waals surface area contributed by atoms with Crippen molar-refractivity contribution in [2.45, 2.75) is 33.1 Å². The molecular formula is C26H28ClNO3. The van der Waals surface area contributed by atoms with E-state index in [9.17, 15) is 4.79 Å². The van der Waals surface area contributed by atoms with Crippen molar-refractivity contribution >= 4 is 17.6 Å². The van der Waals surface area contributed by atoms with Crippen molar-refractivity contribution in [1.29, 1.82) is 0 Å². The average molecular weight is 438 g/mol. The number of rotatable bonds is 10. The number of hydrogen-bond donors (Lipinski definition) is 0. The maximum Gasteiger partial charge on any atom is 0.308 e. The number of pyridine rings is 1. The summed E-state index contributed by atoms with van der Waals surface area (Å²) in [5.74, 6) is 0.369. The van der Waals surface area contributed by atoms with Crippen LogP contribution in [0.25, 0.3) is 22.4 Å². The minimum atomic E-state index is -0.131. The second-order valence-electron chi connectivity index (χ2n) is 7.45. The van der Waals surface area contributed by atoms with Crippen LogP contribution >= 0.6 is 11.6 Å². The van der Waals surface area contributed by atoms with Crippen LogP contribution in [0, 0.1) is 5.92 Å². The molecule has 31 heavy (non-hydrogen) atoms. The first-order valence-corrected chi connectivity index (χ1v) is 11.1. The van der Waals surface area contributed by atoms with Gasteiger partial charge >= 0.3 is 5.97 Å². The number of aromatic nitrogens is 1. The number of halogens is 1. The van der Waals surface area contributed by atoms with Gasteiger partial charge < -0.3 is 9.47 Å². The third-order valence-corrected chi connectivity index (χ3v) is 5.27. The standard InChI is InChI=1S/C26H28ClNO3/c1-3-30-26(29)19(2)9-7-8-16-31-25-18-22(20-12-14-23(27)15-13-20)17-24(28-25)21-10-5-4-6-11-21/h4-6,10-15,17-19H,3,7-9,16H2,1-2H3. The van der Waals surface area contributed by atoms with Crippen LogP contribution in [-0.4, -0.2) is 24.2 Å². The first kappa shape index (κ1) is 22.8. The largest absolute Gasteiger partial charge is 0.478 e. The van der Waals surface area contributed by atoms with E-state index in [1.54, 1.807) is 0 Å². The van der Waals surface area contributed by atoms with E-state index in [4.69, 9.17) is 26.1 Å². The highest BCUT2D eigenvalue weighted by Gasteiger charge is 2.13. The van der Waals surface area contributed by atoms with Gasteiger partial charge in [0.15, 0.2) is 0 Å². The van der Waals surface area contributed by atoms with E-state index < -0.39 is 0 Å². The molecule has 3 aromatic rings. The van der Waals surface area contributed by atoms with Gasteiger partial charge in [-0.1, -0.05) is 61.0 Å². The third-order valence-electron chi connectivity index (χ3n) is 5.02. The average Bonchev–Trinajstić information content (AvgIpc) is 2.79. The molecule has 0 saturated carbocycles. The van der Waals surface area contributed by atoms with E-state index in [0.29, 0.717) is 24.1 Å². The first-order chi connectivity index (χ1) is 15.1. The van der Waals surface area contributed by atoms with E-state index in [-0.39, 0.29) is 11.9 Å². The summed E-state index contributed by atoms with van der Waals surface area (Å²) in [5.41, 5.74) is 3.97. The van der Waals surface area contributed by atoms with Gasteiger partial charge in [-0.05, 0) is 55.5 Å². The zero-order valence-corrected chi connectivity index (χ0v) is 18.8. The summed E-state index contributed by atoms with van der Waals surface area (Å²) >= 11 is 6.05. The molecule has 0 fully saturated rings. The van der Waals surface area contributed by atoms with E-state index in [1.165, 1.54) is 0 Å². The molecule has 1 heterocycles. The Kier molecular flexibility index (Phi) is 8.48. The number of carbonyl (C=O) groups is 1. The summed E-state index contributed by atoms with van der Waals surface area (Å²) in [6.45, 7) is 4.70. The fraction of sp³-hybridized carbons (Fsp3) is 0.308. The molecule has 1 aromatic heterocycles. The lowest BCUT2D eigenvalue weighted by molar-refractivity contribution is -0.147. The van der Waals surface area contributed by atoms with E-state index in [2.05, 4.69) is 6.07 Å². The highest BCUT2D eigenvalue weighted by molar-refractivity contribution is 6.30. The minimum absolute atomic E-state index is 0.0870. The molecule has 1 atom stereocenters. The molecule has 4 nitrogen and oxygen atoms in total. The van der Waals surface area contributed by atoms with Crippen molar-refractivity contribution in [3.63, 3.8) is 0 Å². The SMILES string of the molecule is CCOC(=O)C(C)CCCCOc1cc(-c2ccc(Cl)cc2)cc(-c2ccccc2)n1. The third kappa shape index (κ3) is 6.83. The zero-order valence-electron chi connectivity index (χ0n) is 18.0. The number of unbranched alkanes of at least 4 members (excludes halogenated alkanes) is 1. The Labute approximate surface area is 189 Å². The number of nitrogens with zero attached hydrogens (tertiary/aromatic N) is 1. The number of carbonyl (C=O) groups excluding carboxylic acids is 1. The van der Waals surface area contributed by atoms with Crippen molar-refractivity contribution < 1.29 is 14.3 Å². The monoisotopic (exact) mass is 437 g/mol. The van der Waals surface area contributed by atoms with Crippen molar-refractivity contribution in [3.05, 3.63) is 71.8 Å². The molecule has 3 rings (SSSR count). The van der Waals surface area contributed by atoms with Crippen LogP contribution in [0.4, 0.5) is 0 Å². The van der Waals surface area contributed by atoms with Crippen LogP contribution in [-0.2, 0) is 9.53 Å². The summed E-state index contributed by atoms with van der Waals surface area (Å²) in [5, 5.41) is 0.703. The molecule has 0 radical (unpaired) electrons. The molecule has 162 valence electrons. The summed E-state index contributed by atoms with van der Waals surface area (Å²) < 4.78 is 11.0. The maximum atomic E-state index is 11.7. The Morgan fingerprint density at radius 3 is 2.42 bits per heavy atom. The van der Waals surface area contributed by atoms with Crippen LogP contribution in [0.5, 0.6) is 5.88 Å². The summed E-state index contributed by atoms with van der Waals surface area (Å²) in [6.07, 6.45) is 2.52. The molecule has 2 aromatic carbocycles. The number of ether oxygens (including phenoxy) is 2. The van der Waals surface area contributed by atoms with Gasteiger partial charge in [0.2, 0.25) is 5.88 Å². The molecule has 0 bridgehead atoms. The van der Waals surface area contributed by atoms with E-state index in [1.807, 2.05) is 74.5 Å². The molecular weight excluding hydrogens is 410 g/mol. The predicted octanol–water partition coefficient (Wildman–Crippen LogP) is 6.82. The number of esters is 1. The predicted molar refractivity (Wildman–Crippen MR) is 125 cm³/mol. The van der Waals surface area contributed by atoms with Crippen LogP contribution < -0.4 is 4.74 Å². The van der Waals surface area contributed by atoms with Gasteiger partial charge in [0.1, 0.15) is 0 Å². The van der Waals surface area contributed by atoms with Crippen molar-refractivity contribution in [2.24, 2.45) is 5.92 Å². The van der Waals surface area contributed by atoms with E-state index >= 15 is 0 Å². The summed E-state index contributed by atoms with van der Waals surface area (Å²) in [7, 11) is 0. The Morgan fingerprint density at radius 2 is 1.71 bits per heavy atom. The minimum Gasteiger partial charge on any atom is -0.478 e. The van der Waals surface area contributed by atoms with Crippen molar-refractivity contribution in [3.8, 4) is 28.3 Å². The van der Waals surface area contributed by atoms with Gasteiger partial charge in [0.25, 0.3) is 0 Å². The fourth-order valence-electron chi connectivity index (χ4n) is 3.28. The molecule has 0 saturated heterocycles. The normalized spacial score (nSPS) is 11.7. The molecule has 5 heteroatoms. The van der Waals surface area contributed by atoms with Gasteiger partial charge in [-0.15, -0.1) is 0 Å².